The van der Waals surface area contributed by atoms with Gasteiger partial charge in [-0.05, 0) is 50.6 Å². The maximum absolute atomic E-state index is 12.3. The quantitative estimate of drug-likeness (QED) is 0.873. The van der Waals surface area contributed by atoms with Crippen molar-refractivity contribution in [2.24, 2.45) is 0 Å². The summed E-state index contributed by atoms with van der Waals surface area (Å²) in [6, 6.07) is 15.5. The molecule has 4 heteroatoms. The van der Waals surface area contributed by atoms with Gasteiger partial charge in [-0.1, -0.05) is 35.9 Å². The highest BCUT2D eigenvalue weighted by molar-refractivity contribution is 6.30. The van der Waals surface area contributed by atoms with E-state index in [0.29, 0.717) is 0 Å². The van der Waals surface area contributed by atoms with Crippen LogP contribution in [-0.2, 0) is 4.79 Å². The van der Waals surface area contributed by atoms with Crippen LogP contribution in [0.2, 0.25) is 5.02 Å². The van der Waals surface area contributed by atoms with Crippen LogP contribution in [0, 0.1) is 6.92 Å². The highest BCUT2D eigenvalue weighted by atomic mass is 35.5. The van der Waals surface area contributed by atoms with Gasteiger partial charge >= 0.3 is 0 Å². The van der Waals surface area contributed by atoms with E-state index in [1.165, 1.54) is 0 Å². The molecule has 116 valence electrons. The number of halogens is 1. The minimum Gasteiger partial charge on any atom is -0.330 e. The summed E-state index contributed by atoms with van der Waals surface area (Å²) in [6.45, 7) is 5.99. The molecular weight excluding hydrogens is 296 g/mol. The standard InChI is InChI=1S/C18H21ClN2O/c1-12-6-4-9-17(10-12)21-18(22)14(3)20-13(2)15-7-5-8-16(19)11-15/h4-11,13-14,20H,1-3H3,(H,21,22)/p+1/t13-,14+/m1/s1. The van der Waals surface area contributed by atoms with Crippen LogP contribution < -0.4 is 10.6 Å². The maximum atomic E-state index is 12.3. The lowest BCUT2D eigenvalue weighted by Gasteiger charge is -2.17. The summed E-state index contributed by atoms with van der Waals surface area (Å²) >= 11 is 6.02. The molecule has 22 heavy (non-hydrogen) atoms. The summed E-state index contributed by atoms with van der Waals surface area (Å²) < 4.78 is 0. The zero-order chi connectivity index (χ0) is 16.1. The van der Waals surface area contributed by atoms with Gasteiger partial charge in [0.1, 0.15) is 6.04 Å². The predicted octanol–water partition coefficient (Wildman–Crippen LogP) is 3.30. The van der Waals surface area contributed by atoms with Crippen molar-refractivity contribution in [2.45, 2.75) is 32.9 Å². The SMILES string of the molecule is Cc1cccc(NC(=O)[C@H](C)[NH2+][C@H](C)c2cccc(Cl)c2)c1. The zero-order valence-corrected chi connectivity index (χ0v) is 13.9. The molecule has 0 spiro atoms. The number of benzene rings is 2. The second-order valence-electron chi connectivity index (χ2n) is 5.68. The highest BCUT2D eigenvalue weighted by Gasteiger charge is 2.20. The van der Waals surface area contributed by atoms with E-state index in [9.17, 15) is 4.79 Å². The number of carbonyl (C=O) groups excluding carboxylic acids is 1. The molecule has 0 aliphatic rings. The normalized spacial score (nSPS) is 13.5. The van der Waals surface area contributed by atoms with Crippen molar-refractivity contribution in [3.8, 4) is 0 Å². The molecule has 2 aromatic carbocycles. The van der Waals surface area contributed by atoms with Gasteiger partial charge in [0, 0.05) is 16.3 Å². The Morgan fingerprint density at radius 3 is 2.55 bits per heavy atom. The Labute approximate surface area is 136 Å². The van der Waals surface area contributed by atoms with Crippen LogP contribution in [0.3, 0.4) is 0 Å². The fourth-order valence-corrected chi connectivity index (χ4v) is 2.60. The monoisotopic (exact) mass is 317 g/mol. The Morgan fingerprint density at radius 1 is 1.14 bits per heavy atom. The Kier molecular flexibility index (Phi) is 5.58. The maximum Gasteiger partial charge on any atom is 0.282 e. The number of anilines is 1. The van der Waals surface area contributed by atoms with E-state index >= 15 is 0 Å². The molecule has 0 heterocycles. The molecule has 2 atom stereocenters. The van der Waals surface area contributed by atoms with Crippen LogP contribution in [0.15, 0.2) is 48.5 Å². The van der Waals surface area contributed by atoms with Gasteiger partial charge in [-0.25, -0.2) is 0 Å². The van der Waals surface area contributed by atoms with E-state index < -0.39 is 0 Å². The van der Waals surface area contributed by atoms with Gasteiger partial charge in [0.2, 0.25) is 0 Å². The largest absolute Gasteiger partial charge is 0.330 e. The molecule has 3 N–H and O–H groups in total. The van der Waals surface area contributed by atoms with E-state index in [2.05, 4.69) is 12.2 Å². The third-order valence-electron chi connectivity index (χ3n) is 3.65. The number of nitrogens with two attached hydrogens (primary N) is 1. The van der Waals surface area contributed by atoms with E-state index in [1.54, 1.807) is 0 Å². The van der Waals surface area contributed by atoms with Crippen LogP contribution >= 0.6 is 11.6 Å². The molecule has 0 unspecified atom stereocenters. The van der Waals surface area contributed by atoms with Crippen molar-refractivity contribution in [1.82, 2.24) is 0 Å². The first-order valence-corrected chi connectivity index (χ1v) is 7.81. The minimum absolute atomic E-state index is 0.000483. The van der Waals surface area contributed by atoms with E-state index in [1.807, 2.05) is 67.7 Å². The molecule has 0 aliphatic heterocycles. The summed E-state index contributed by atoms with van der Waals surface area (Å²) in [5, 5.41) is 5.71. The van der Waals surface area contributed by atoms with Crippen LogP contribution in [-0.4, -0.2) is 11.9 Å². The molecule has 0 fully saturated rings. The van der Waals surface area contributed by atoms with Gasteiger partial charge in [-0.2, -0.15) is 0 Å². The van der Waals surface area contributed by atoms with Gasteiger partial charge in [0.05, 0.1) is 0 Å². The van der Waals surface area contributed by atoms with Crippen molar-refractivity contribution in [3.05, 3.63) is 64.7 Å². The molecule has 0 aliphatic carbocycles. The Hall–Kier alpha value is -1.84. The molecule has 0 radical (unpaired) electrons. The van der Waals surface area contributed by atoms with E-state index in [4.69, 9.17) is 11.6 Å². The summed E-state index contributed by atoms with van der Waals surface area (Å²) in [5.74, 6) is -0.000483. The second kappa shape index (κ2) is 7.43. The Morgan fingerprint density at radius 2 is 1.86 bits per heavy atom. The molecule has 0 saturated carbocycles. The summed E-state index contributed by atoms with van der Waals surface area (Å²) in [6.07, 6.45) is 0. The molecule has 2 aromatic rings. The lowest BCUT2D eigenvalue weighted by Crippen LogP contribution is -2.91. The number of quaternary nitrogens is 1. The van der Waals surface area contributed by atoms with E-state index in [0.717, 1.165) is 21.8 Å². The second-order valence-corrected chi connectivity index (χ2v) is 6.12. The van der Waals surface area contributed by atoms with Crippen LogP contribution in [0.25, 0.3) is 0 Å². The smallest absolute Gasteiger partial charge is 0.282 e. The fraction of sp³-hybridized carbons (Fsp3) is 0.278. The molecule has 0 aromatic heterocycles. The molecule has 2 rings (SSSR count). The predicted molar refractivity (Wildman–Crippen MR) is 91.1 cm³/mol. The van der Waals surface area contributed by atoms with Crippen LogP contribution in [0.5, 0.6) is 0 Å². The number of hydrogen-bond acceptors (Lipinski definition) is 1. The number of aryl methyl sites for hydroxylation is 1. The summed E-state index contributed by atoms with van der Waals surface area (Å²) in [4.78, 5) is 12.3. The third-order valence-corrected chi connectivity index (χ3v) is 3.89. The van der Waals surface area contributed by atoms with Crippen molar-refractivity contribution >= 4 is 23.2 Å². The Bertz CT molecular complexity index is 657. The van der Waals surface area contributed by atoms with Gasteiger partial charge in [-0.15, -0.1) is 0 Å². The van der Waals surface area contributed by atoms with Crippen LogP contribution in [0.1, 0.15) is 31.0 Å². The van der Waals surface area contributed by atoms with E-state index in [-0.39, 0.29) is 18.0 Å². The highest BCUT2D eigenvalue weighted by Crippen LogP contribution is 2.15. The average Bonchev–Trinajstić information content (AvgIpc) is 2.47. The number of rotatable bonds is 5. The summed E-state index contributed by atoms with van der Waals surface area (Å²) in [7, 11) is 0. The molecule has 0 saturated heterocycles. The van der Waals surface area contributed by atoms with Crippen molar-refractivity contribution in [2.75, 3.05) is 5.32 Å². The lowest BCUT2D eigenvalue weighted by molar-refractivity contribution is -0.709. The minimum atomic E-state index is -0.186. The topological polar surface area (TPSA) is 45.7 Å². The fourth-order valence-electron chi connectivity index (χ4n) is 2.40. The summed E-state index contributed by atoms with van der Waals surface area (Å²) in [5.41, 5.74) is 3.07. The molecular formula is C18H22ClN2O+. The van der Waals surface area contributed by atoms with Gasteiger partial charge < -0.3 is 10.6 Å². The third kappa shape index (κ3) is 4.58. The average molecular weight is 318 g/mol. The molecule has 0 bridgehead atoms. The first kappa shape index (κ1) is 16.5. The number of nitrogens with one attached hydrogen (secondary N) is 1. The van der Waals surface area contributed by atoms with Crippen molar-refractivity contribution < 1.29 is 10.1 Å². The van der Waals surface area contributed by atoms with Crippen LogP contribution in [0.4, 0.5) is 5.69 Å². The molecule has 1 amide bonds. The van der Waals surface area contributed by atoms with Crippen molar-refractivity contribution in [3.63, 3.8) is 0 Å². The number of carbonyl (C=O) groups is 1. The first-order chi connectivity index (χ1) is 10.5. The zero-order valence-electron chi connectivity index (χ0n) is 13.1. The molecule has 3 nitrogen and oxygen atoms in total. The van der Waals surface area contributed by atoms with Gasteiger partial charge in [0.25, 0.3) is 5.91 Å². The number of hydrogen-bond donors (Lipinski definition) is 2. The number of amides is 1. The van der Waals surface area contributed by atoms with Gasteiger partial charge in [0.15, 0.2) is 6.04 Å². The first-order valence-electron chi connectivity index (χ1n) is 7.43. The Balaban J connectivity index is 1.96. The van der Waals surface area contributed by atoms with Gasteiger partial charge in [-0.3, -0.25) is 4.79 Å². The van der Waals surface area contributed by atoms with Crippen molar-refractivity contribution in [1.29, 1.82) is 0 Å². The lowest BCUT2D eigenvalue weighted by atomic mass is 10.1.